The number of halogens is 4. The molecule has 10 aromatic heterocycles. The highest BCUT2D eigenvalue weighted by atomic mass is 35.5. The number of hydrogen-bond acceptors (Lipinski definition) is 30. The lowest BCUT2D eigenvalue weighted by Crippen LogP contribution is -2.41. The highest BCUT2D eigenvalue weighted by Crippen LogP contribution is 2.42. The molecule has 0 saturated heterocycles. The average Bonchev–Trinajstić information content (AvgIpc) is 1.19. The normalized spacial score (nSPS) is 16.0. The van der Waals surface area contributed by atoms with Crippen LogP contribution in [0, 0.1) is 73.1 Å². The van der Waals surface area contributed by atoms with Crippen LogP contribution < -0.4 is 61.5 Å². The predicted octanol–water partition coefficient (Wildman–Crippen LogP) is 13.4. The van der Waals surface area contributed by atoms with Crippen LogP contribution in [0.3, 0.4) is 0 Å². The van der Waals surface area contributed by atoms with Crippen molar-refractivity contribution in [2.24, 2.45) is 17.8 Å². The van der Waals surface area contributed by atoms with Crippen molar-refractivity contribution >= 4 is 123 Å². The van der Waals surface area contributed by atoms with E-state index in [-0.39, 0.29) is 90.5 Å². The second-order valence-corrected chi connectivity index (χ2v) is 31.3. The van der Waals surface area contributed by atoms with Crippen LogP contribution in [0.15, 0.2) is 96.9 Å². The van der Waals surface area contributed by atoms with Gasteiger partial charge in [0, 0.05) is 143 Å². The molecule has 8 N–H and O–H groups in total. The van der Waals surface area contributed by atoms with Gasteiger partial charge in [0.1, 0.15) is 83.6 Å². The fraction of sp³-hybridized carbons (Fsp3) is 0.357. The third kappa shape index (κ3) is 18.9. The van der Waals surface area contributed by atoms with E-state index >= 15 is 0 Å². The van der Waals surface area contributed by atoms with E-state index in [1.165, 1.54) is 12.8 Å². The van der Waals surface area contributed by atoms with Gasteiger partial charge < -0.3 is 66.0 Å². The monoisotopic (exact) mass is 1690 g/mol. The Labute approximate surface area is 709 Å². The molecule has 0 bridgehead atoms. The van der Waals surface area contributed by atoms with Gasteiger partial charge in [-0.2, -0.15) is 19.9 Å². The van der Waals surface area contributed by atoms with Gasteiger partial charge in [-0.25, -0.2) is 24.9 Å². The first-order valence-corrected chi connectivity index (χ1v) is 39.8. The molecule has 1 saturated carbocycles. The zero-order valence-electron chi connectivity index (χ0n) is 68.6. The Hall–Kier alpha value is -12.1. The summed E-state index contributed by atoms with van der Waals surface area (Å²) in [7, 11) is 6.58. The van der Waals surface area contributed by atoms with Crippen LogP contribution in [0.4, 0.5) is 47.1 Å². The fourth-order valence-corrected chi connectivity index (χ4v) is 16.5. The summed E-state index contributed by atoms with van der Waals surface area (Å²) in [5.41, 5.74) is 38.3. The number of aryl methyl sites for hydroxylation is 4. The first kappa shape index (κ1) is 86.3. The highest BCUT2D eigenvalue weighted by Gasteiger charge is 2.40. The van der Waals surface area contributed by atoms with Gasteiger partial charge in [-0.15, -0.1) is 0 Å². The standard InChI is InChI=1S/C22H23ClN6O2.C22H26ClN5O2.C20H20ClN7O2.C20H24ClN5O2/c1-12-9-26-16(13(2)19(12)31-3)11-29-10-15(8-14-4-6-25-7-5-14)18(30)17-20(23)27-22(24)28-21(17)29;1-12-9-25-16(13(2)19(12)30-3)11-28-10-15(8-14-6-4-5-7-14)18(29)17-20(23)26-22(24)27-21(17)28;1-11-6-24-14(12(2)17(11)30-3)9-28-8-13(7-27-5-4-23-10-27)16(29)15-18(21)25-20(22)26-19(15)28;1-10(2)6-13-8-26(9-14-12(4)17(28-5)11(3)7-23-14)19-15(16(13)27)18(21)24-20(22)25-19/h4-7,9,15H,8,10-11H2,1-3H3,(H2,24,27,28);8-9,14H,4-7,10-11H2,1-3H3,(H2,24,26,27);4-7,10H,8-9H2,1-3H3,(H2,22,25,26);6-7,10H,8-9H2,1-5H3,(H2,22,24,25)/b;15-8+;13-7+;13-6+. The van der Waals surface area contributed by atoms with Crippen molar-refractivity contribution < 1.29 is 38.1 Å². The summed E-state index contributed by atoms with van der Waals surface area (Å²) < 4.78 is 23.8. The minimum atomic E-state index is -0.313. The van der Waals surface area contributed by atoms with E-state index in [1.54, 1.807) is 95.1 Å². The predicted molar refractivity (Wildman–Crippen MR) is 459 cm³/mol. The van der Waals surface area contributed by atoms with E-state index in [9.17, 15) is 19.2 Å². The summed E-state index contributed by atoms with van der Waals surface area (Å²) >= 11 is 25.3. The molecule has 0 aromatic carbocycles. The number of rotatable bonds is 17. The van der Waals surface area contributed by atoms with Gasteiger partial charge >= 0.3 is 0 Å². The molecule has 14 heterocycles. The molecule has 0 spiro atoms. The highest BCUT2D eigenvalue weighted by molar-refractivity contribution is 6.37. The zero-order chi connectivity index (χ0) is 85.5. The third-order valence-electron chi connectivity index (χ3n) is 21.1. The number of methoxy groups -OCH3 is 4. The maximum Gasteiger partial charge on any atom is 0.223 e. The molecule has 4 aliphatic heterocycles. The molecule has 620 valence electrons. The van der Waals surface area contributed by atoms with Gasteiger partial charge in [0.15, 0.2) is 23.1 Å². The maximum atomic E-state index is 13.3. The van der Waals surface area contributed by atoms with Crippen molar-refractivity contribution in [3.05, 3.63) is 213 Å². The van der Waals surface area contributed by atoms with E-state index in [2.05, 4.69) is 75.9 Å². The van der Waals surface area contributed by atoms with Gasteiger partial charge in [0.25, 0.3) is 0 Å². The van der Waals surface area contributed by atoms with E-state index in [0.29, 0.717) is 110 Å². The van der Waals surface area contributed by atoms with Gasteiger partial charge in [-0.3, -0.25) is 44.1 Å². The molecule has 35 heteroatoms. The van der Waals surface area contributed by atoms with Crippen LogP contribution in [-0.4, -0.2) is 152 Å². The Morgan fingerprint density at radius 2 is 0.815 bits per heavy atom. The summed E-state index contributed by atoms with van der Waals surface area (Å²) in [5, 5.41) is 0.256. The summed E-state index contributed by atoms with van der Waals surface area (Å²) in [6.45, 7) is 23.0. The van der Waals surface area contributed by atoms with Crippen LogP contribution in [-0.2, 0) is 32.6 Å². The quantitative estimate of drug-likeness (QED) is 0.0486. The molecule has 119 heavy (non-hydrogen) atoms. The van der Waals surface area contributed by atoms with Crippen molar-refractivity contribution in [1.82, 2.24) is 74.3 Å². The minimum Gasteiger partial charge on any atom is -0.496 e. The number of ketones is 4. The van der Waals surface area contributed by atoms with Crippen LogP contribution in [0.2, 0.25) is 20.6 Å². The van der Waals surface area contributed by atoms with Crippen molar-refractivity contribution in [3.63, 3.8) is 0 Å². The summed E-state index contributed by atoms with van der Waals surface area (Å²) in [4.78, 5) is 120. The molecule has 0 radical (unpaired) electrons. The number of carbonyl (C=O) groups excluding carboxylic acids is 4. The van der Waals surface area contributed by atoms with E-state index in [1.807, 2.05) is 107 Å². The van der Waals surface area contributed by atoms with Gasteiger partial charge in [-0.05, 0) is 104 Å². The maximum absolute atomic E-state index is 13.3. The van der Waals surface area contributed by atoms with Crippen LogP contribution in [0.5, 0.6) is 23.0 Å². The Morgan fingerprint density at radius 3 is 1.19 bits per heavy atom. The molecule has 5 aliphatic rings. The zero-order valence-corrected chi connectivity index (χ0v) is 71.6. The Balaban J connectivity index is 0.000000146. The van der Waals surface area contributed by atoms with Crippen LogP contribution in [0.1, 0.15) is 154 Å². The van der Waals surface area contributed by atoms with Crippen LogP contribution in [0.25, 0.3) is 6.20 Å². The average molecular weight is 1690 g/mol. The number of imidazole rings is 1. The topological polar surface area (TPSA) is 408 Å². The van der Waals surface area contributed by atoms with E-state index in [0.717, 1.165) is 114 Å². The molecular formula is C84H93Cl4N23O8. The van der Waals surface area contributed by atoms with Gasteiger partial charge in [0.05, 0.1) is 95.8 Å². The summed E-state index contributed by atoms with van der Waals surface area (Å²) in [5.74, 6) is 4.77. The number of anilines is 8. The summed E-state index contributed by atoms with van der Waals surface area (Å²) in [6, 6.07) is 3.82. The lowest BCUT2D eigenvalue weighted by atomic mass is 9.88. The van der Waals surface area contributed by atoms with Crippen molar-refractivity contribution in [1.29, 1.82) is 0 Å². The number of aromatic nitrogens is 15. The molecule has 15 rings (SSSR count). The molecule has 1 fully saturated rings. The number of fused-ring (bicyclic) bond motifs is 4. The Morgan fingerprint density at radius 1 is 0.462 bits per heavy atom. The molecule has 31 nitrogen and oxygen atoms in total. The second kappa shape index (κ2) is 37.3. The molecule has 10 aromatic rings. The van der Waals surface area contributed by atoms with Gasteiger partial charge in [-0.1, -0.05) is 85.2 Å². The molecule has 1 unspecified atom stereocenters. The van der Waals surface area contributed by atoms with Gasteiger partial charge in [0.2, 0.25) is 23.8 Å². The fourth-order valence-electron chi connectivity index (χ4n) is 15.5. The Kier molecular flexibility index (Phi) is 27.0. The van der Waals surface area contributed by atoms with Crippen LogP contribution >= 0.6 is 46.4 Å². The number of nitrogens with two attached hydrogens (primary N) is 4. The molecule has 0 amide bonds. The number of allylic oxidation sites excluding steroid dienone is 2. The van der Waals surface area contributed by atoms with Crippen molar-refractivity contribution in [2.75, 3.05) is 97.2 Å². The van der Waals surface area contributed by atoms with Crippen molar-refractivity contribution in [2.45, 2.75) is 128 Å². The van der Waals surface area contributed by atoms with E-state index in [4.69, 9.17) is 88.3 Å². The largest absolute Gasteiger partial charge is 0.496 e. The first-order valence-electron chi connectivity index (χ1n) is 38.3. The molecule has 1 atom stereocenters. The second-order valence-electron chi connectivity index (χ2n) is 29.9. The number of nitrogens with zero attached hydrogens (tertiary/aromatic N) is 19. The number of nitrogen functional groups attached to an aromatic ring is 4. The lowest BCUT2D eigenvalue weighted by Gasteiger charge is -2.34. The number of pyridine rings is 5. The molecular weight excluding hydrogens is 1600 g/mol. The first-order chi connectivity index (χ1) is 56.9. The number of carbonyl (C=O) groups is 4. The lowest BCUT2D eigenvalue weighted by molar-refractivity contribution is 0.0912. The number of ether oxygens (including phenoxy) is 4. The van der Waals surface area contributed by atoms with E-state index < -0.39 is 0 Å². The SMILES string of the molecule is COc1c(C)cnc(CN2C/C(=C\C(C)C)C(=O)c3c(Cl)nc(N)nc32)c1C.COc1c(C)cnc(CN2C/C(=C\C3CCCC3)C(=O)c3c(Cl)nc(N)nc32)c1C.COc1c(C)cnc(CN2C/C(=C\n3ccnc3)C(=O)c3c(Cl)nc(N)nc32)c1C.COc1c(C)cnc(CN2CC(Cc3ccncc3)C(=O)c3c(Cl)nc(N)nc32)c1C. The number of hydrogen-bond donors (Lipinski definition) is 4. The Bertz CT molecular complexity index is 5670. The minimum absolute atomic E-state index is 0.00440. The molecule has 1 aliphatic carbocycles. The smallest absolute Gasteiger partial charge is 0.223 e. The van der Waals surface area contributed by atoms with Crippen molar-refractivity contribution in [3.8, 4) is 23.0 Å². The third-order valence-corrected chi connectivity index (χ3v) is 22.2. The number of Topliss-reactive ketones (excluding diaryl/α,β-unsaturated/α-hetero) is 4. The summed E-state index contributed by atoms with van der Waals surface area (Å²) in [6.07, 6.45) is 26.5.